The van der Waals surface area contributed by atoms with Gasteiger partial charge in [-0.25, -0.2) is 0 Å². The molecule has 134 valence electrons. The minimum atomic E-state index is -0.171. The van der Waals surface area contributed by atoms with E-state index in [2.05, 4.69) is 42.2 Å². The molecule has 0 spiro atoms. The van der Waals surface area contributed by atoms with Gasteiger partial charge in [-0.1, -0.05) is 53.6 Å². The third kappa shape index (κ3) is 4.24. The summed E-state index contributed by atoms with van der Waals surface area (Å²) in [6.45, 7) is 4.66. The Labute approximate surface area is 159 Å². The lowest BCUT2D eigenvalue weighted by Gasteiger charge is -2.37. The van der Waals surface area contributed by atoms with E-state index in [1.165, 1.54) is 5.56 Å². The van der Waals surface area contributed by atoms with Crippen molar-refractivity contribution < 1.29 is 4.79 Å². The maximum absolute atomic E-state index is 12.6. The minimum absolute atomic E-state index is 0.0395. The molecular formula is C21H22ClN3O. The van der Waals surface area contributed by atoms with Crippen molar-refractivity contribution in [3.63, 3.8) is 0 Å². The molecule has 3 rings (SSSR count). The Morgan fingerprint density at radius 1 is 1.12 bits per heavy atom. The number of nitriles is 1. The standard InChI is InChI=1S/C21H22ClN3O/c1-16-6-8-17(9-7-16)14-18(15-23)24-10-12-25(13-11-24)21(26)19-4-2-3-5-20(19)22/h2-9,18H,10-14H2,1H3/t18-/m0/s1. The predicted molar refractivity (Wildman–Crippen MR) is 103 cm³/mol. The van der Waals surface area contributed by atoms with Gasteiger partial charge in [0.25, 0.3) is 5.91 Å². The monoisotopic (exact) mass is 367 g/mol. The number of hydrogen-bond donors (Lipinski definition) is 0. The first-order valence-corrected chi connectivity index (χ1v) is 9.19. The maximum atomic E-state index is 12.6. The lowest BCUT2D eigenvalue weighted by molar-refractivity contribution is 0.0606. The van der Waals surface area contributed by atoms with Gasteiger partial charge in [0.05, 0.1) is 16.7 Å². The Morgan fingerprint density at radius 3 is 2.38 bits per heavy atom. The van der Waals surface area contributed by atoms with Gasteiger partial charge in [-0.3, -0.25) is 9.69 Å². The molecule has 5 heteroatoms. The van der Waals surface area contributed by atoms with E-state index >= 15 is 0 Å². The van der Waals surface area contributed by atoms with Crippen molar-refractivity contribution in [3.05, 3.63) is 70.2 Å². The first-order valence-electron chi connectivity index (χ1n) is 8.81. The summed E-state index contributed by atoms with van der Waals surface area (Å²) < 4.78 is 0. The Hall–Kier alpha value is -2.35. The van der Waals surface area contributed by atoms with Gasteiger partial charge >= 0.3 is 0 Å². The molecule has 1 aliphatic rings. The van der Waals surface area contributed by atoms with E-state index in [1.54, 1.807) is 12.1 Å². The number of piperazine rings is 1. The highest BCUT2D eigenvalue weighted by atomic mass is 35.5. The van der Waals surface area contributed by atoms with Crippen LogP contribution in [-0.2, 0) is 6.42 Å². The number of nitrogens with zero attached hydrogens (tertiary/aromatic N) is 3. The lowest BCUT2D eigenvalue weighted by Crippen LogP contribution is -2.52. The van der Waals surface area contributed by atoms with Gasteiger partial charge in [0.15, 0.2) is 0 Å². The van der Waals surface area contributed by atoms with Crippen molar-refractivity contribution in [2.45, 2.75) is 19.4 Å². The largest absolute Gasteiger partial charge is 0.336 e. The van der Waals surface area contributed by atoms with E-state index in [0.29, 0.717) is 43.2 Å². The number of halogens is 1. The third-order valence-electron chi connectivity index (χ3n) is 4.85. The predicted octanol–water partition coefficient (Wildman–Crippen LogP) is 3.54. The van der Waals surface area contributed by atoms with Crippen molar-refractivity contribution in [1.29, 1.82) is 5.26 Å². The Kier molecular flexibility index (Phi) is 5.92. The molecule has 1 amide bonds. The second kappa shape index (κ2) is 8.35. The van der Waals surface area contributed by atoms with E-state index < -0.39 is 0 Å². The highest BCUT2D eigenvalue weighted by Gasteiger charge is 2.27. The molecule has 0 N–H and O–H groups in total. The lowest BCUT2D eigenvalue weighted by atomic mass is 10.0. The molecule has 0 radical (unpaired) electrons. The van der Waals surface area contributed by atoms with Gasteiger partial charge in [0.2, 0.25) is 0 Å². The van der Waals surface area contributed by atoms with Gasteiger partial charge in [-0.15, -0.1) is 0 Å². The quantitative estimate of drug-likeness (QED) is 0.830. The highest BCUT2D eigenvalue weighted by Crippen LogP contribution is 2.19. The zero-order valence-corrected chi connectivity index (χ0v) is 15.6. The fraction of sp³-hybridized carbons (Fsp3) is 0.333. The topological polar surface area (TPSA) is 47.3 Å². The molecule has 1 atom stereocenters. The zero-order valence-electron chi connectivity index (χ0n) is 14.9. The van der Waals surface area contributed by atoms with E-state index in [9.17, 15) is 10.1 Å². The van der Waals surface area contributed by atoms with Crippen LogP contribution in [-0.4, -0.2) is 47.9 Å². The Bertz CT molecular complexity index is 805. The number of amides is 1. The SMILES string of the molecule is Cc1ccc(C[C@@H](C#N)N2CCN(C(=O)c3ccccc3Cl)CC2)cc1. The van der Waals surface area contributed by atoms with E-state index in [4.69, 9.17) is 11.6 Å². The number of carbonyl (C=O) groups excluding carboxylic acids is 1. The minimum Gasteiger partial charge on any atom is -0.336 e. The van der Waals surface area contributed by atoms with Crippen LogP contribution in [0.2, 0.25) is 5.02 Å². The van der Waals surface area contributed by atoms with Gasteiger partial charge in [-0.05, 0) is 24.6 Å². The van der Waals surface area contributed by atoms with Crippen LogP contribution in [0.25, 0.3) is 0 Å². The maximum Gasteiger partial charge on any atom is 0.255 e. The van der Waals surface area contributed by atoms with Crippen molar-refractivity contribution in [3.8, 4) is 6.07 Å². The summed E-state index contributed by atoms with van der Waals surface area (Å²) in [5, 5.41) is 10.1. The van der Waals surface area contributed by atoms with E-state index in [0.717, 1.165) is 5.56 Å². The van der Waals surface area contributed by atoms with Gasteiger partial charge < -0.3 is 4.90 Å². The van der Waals surface area contributed by atoms with Crippen LogP contribution in [0.15, 0.2) is 48.5 Å². The molecule has 1 aliphatic heterocycles. The van der Waals surface area contributed by atoms with Crippen LogP contribution in [0.4, 0.5) is 0 Å². The van der Waals surface area contributed by atoms with Crippen molar-refractivity contribution >= 4 is 17.5 Å². The number of hydrogen-bond acceptors (Lipinski definition) is 3. The van der Waals surface area contributed by atoms with Crippen molar-refractivity contribution in [2.24, 2.45) is 0 Å². The number of rotatable bonds is 4. The smallest absolute Gasteiger partial charge is 0.255 e. The number of carbonyl (C=O) groups is 1. The summed E-state index contributed by atoms with van der Waals surface area (Å²) >= 11 is 6.14. The van der Waals surface area contributed by atoms with Gasteiger partial charge in [0.1, 0.15) is 6.04 Å². The molecule has 0 saturated carbocycles. The summed E-state index contributed by atoms with van der Waals surface area (Å²) in [6.07, 6.45) is 0.704. The number of benzene rings is 2. The molecule has 0 unspecified atom stereocenters. The highest BCUT2D eigenvalue weighted by molar-refractivity contribution is 6.33. The molecule has 1 heterocycles. The van der Waals surface area contributed by atoms with Crippen LogP contribution in [0.5, 0.6) is 0 Å². The molecule has 1 fully saturated rings. The van der Waals surface area contributed by atoms with Crippen LogP contribution in [0.1, 0.15) is 21.5 Å². The molecule has 0 aliphatic carbocycles. The van der Waals surface area contributed by atoms with Crippen molar-refractivity contribution in [2.75, 3.05) is 26.2 Å². The van der Waals surface area contributed by atoms with Crippen LogP contribution < -0.4 is 0 Å². The van der Waals surface area contributed by atoms with Crippen LogP contribution >= 0.6 is 11.6 Å². The first-order chi connectivity index (χ1) is 12.6. The molecule has 1 saturated heterocycles. The molecule has 4 nitrogen and oxygen atoms in total. The van der Waals surface area contributed by atoms with Crippen molar-refractivity contribution in [1.82, 2.24) is 9.80 Å². The fourth-order valence-electron chi connectivity index (χ4n) is 3.25. The Balaban J connectivity index is 1.60. The summed E-state index contributed by atoms with van der Waals surface area (Å²) in [5.74, 6) is -0.0395. The average molecular weight is 368 g/mol. The average Bonchev–Trinajstić information content (AvgIpc) is 2.67. The number of aryl methyl sites for hydroxylation is 1. The van der Waals surface area contributed by atoms with Gasteiger partial charge in [-0.2, -0.15) is 5.26 Å². The summed E-state index contributed by atoms with van der Waals surface area (Å²) in [6, 6.07) is 17.7. The van der Waals surface area contributed by atoms with Crippen LogP contribution in [0, 0.1) is 18.3 Å². The third-order valence-corrected chi connectivity index (χ3v) is 5.17. The summed E-state index contributed by atoms with van der Waals surface area (Å²) in [4.78, 5) is 16.6. The second-order valence-corrected chi connectivity index (χ2v) is 7.05. The van der Waals surface area contributed by atoms with E-state index in [1.807, 2.05) is 17.0 Å². The molecule has 26 heavy (non-hydrogen) atoms. The molecular weight excluding hydrogens is 346 g/mol. The molecule has 2 aromatic rings. The van der Waals surface area contributed by atoms with E-state index in [-0.39, 0.29) is 11.9 Å². The normalized spacial score (nSPS) is 16.1. The molecule has 0 aromatic heterocycles. The van der Waals surface area contributed by atoms with Crippen LogP contribution in [0.3, 0.4) is 0 Å². The second-order valence-electron chi connectivity index (χ2n) is 6.64. The summed E-state index contributed by atoms with van der Waals surface area (Å²) in [5.41, 5.74) is 2.92. The Morgan fingerprint density at radius 2 is 1.77 bits per heavy atom. The molecule has 2 aromatic carbocycles. The van der Waals surface area contributed by atoms with Gasteiger partial charge in [0, 0.05) is 32.6 Å². The zero-order chi connectivity index (χ0) is 18.5. The first kappa shape index (κ1) is 18.4. The summed E-state index contributed by atoms with van der Waals surface area (Å²) in [7, 11) is 0. The molecule has 0 bridgehead atoms. The fourth-order valence-corrected chi connectivity index (χ4v) is 3.46.